The lowest BCUT2D eigenvalue weighted by Crippen LogP contribution is -2.17. The van der Waals surface area contributed by atoms with Crippen LogP contribution in [0.25, 0.3) is 0 Å². The summed E-state index contributed by atoms with van der Waals surface area (Å²) in [6.07, 6.45) is 1.36. The molecule has 0 atom stereocenters. The molecule has 0 spiro atoms. The van der Waals surface area contributed by atoms with E-state index in [0.717, 1.165) is 0 Å². The molecule has 7 heteroatoms. The van der Waals surface area contributed by atoms with Crippen LogP contribution in [0, 0.1) is 0 Å². The Morgan fingerprint density at radius 3 is 2.82 bits per heavy atom. The van der Waals surface area contributed by atoms with Crippen molar-refractivity contribution in [3.05, 3.63) is 23.9 Å². The molecule has 0 saturated carbocycles. The SMILES string of the molecule is CCS(=O)(=O)CCNc1cc(C(=O)O)ccn1. The molecule has 0 fully saturated rings. The smallest absolute Gasteiger partial charge is 0.335 e. The molecule has 1 heterocycles. The standard InChI is InChI=1S/C10H14N2O4S/c1-2-17(15,16)6-5-12-9-7-8(10(13)14)3-4-11-9/h3-4,7H,2,5-6H2,1H3,(H,11,12)(H,13,14). The van der Waals surface area contributed by atoms with Crippen molar-refractivity contribution < 1.29 is 18.3 Å². The van der Waals surface area contributed by atoms with Gasteiger partial charge < -0.3 is 10.4 Å². The van der Waals surface area contributed by atoms with Crippen LogP contribution >= 0.6 is 0 Å². The zero-order chi connectivity index (χ0) is 12.9. The number of nitrogens with zero attached hydrogens (tertiary/aromatic N) is 1. The molecule has 1 aromatic heterocycles. The van der Waals surface area contributed by atoms with Gasteiger partial charge in [-0.1, -0.05) is 6.92 Å². The highest BCUT2D eigenvalue weighted by Gasteiger charge is 2.07. The highest BCUT2D eigenvalue weighted by molar-refractivity contribution is 7.91. The molecule has 6 nitrogen and oxygen atoms in total. The molecular formula is C10H14N2O4S. The van der Waals surface area contributed by atoms with Gasteiger partial charge in [-0.25, -0.2) is 18.2 Å². The van der Waals surface area contributed by atoms with E-state index in [1.54, 1.807) is 6.92 Å². The van der Waals surface area contributed by atoms with Gasteiger partial charge in [-0.3, -0.25) is 0 Å². The van der Waals surface area contributed by atoms with Gasteiger partial charge in [0.05, 0.1) is 11.3 Å². The normalized spacial score (nSPS) is 11.1. The van der Waals surface area contributed by atoms with Crippen LogP contribution in [0.5, 0.6) is 0 Å². The molecule has 0 saturated heterocycles. The predicted octanol–water partition coefficient (Wildman–Crippen LogP) is 0.626. The van der Waals surface area contributed by atoms with Gasteiger partial charge in [0.15, 0.2) is 9.84 Å². The minimum Gasteiger partial charge on any atom is -0.478 e. The Bertz CT molecular complexity index is 499. The summed E-state index contributed by atoms with van der Waals surface area (Å²) < 4.78 is 22.4. The average Bonchev–Trinajstić information content (AvgIpc) is 2.29. The zero-order valence-corrected chi connectivity index (χ0v) is 10.2. The number of carboxylic acids is 1. The van der Waals surface area contributed by atoms with Crippen LogP contribution in [0.2, 0.25) is 0 Å². The van der Waals surface area contributed by atoms with Gasteiger partial charge in [-0.05, 0) is 12.1 Å². The van der Waals surface area contributed by atoms with E-state index >= 15 is 0 Å². The minimum atomic E-state index is -3.02. The molecule has 1 rings (SSSR count). The number of sulfone groups is 1. The van der Waals surface area contributed by atoms with E-state index in [-0.39, 0.29) is 23.6 Å². The number of carboxylic acid groups (broad SMARTS) is 1. The van der Waals surface area contributed by atoms with E-state index in [4.69, 9.17) is 5.11 Å². The van der Waals surface area contributed by atoms with Crippen LogP contribution in [0.15, 0.2) is 18.3 Å². The van der Waals surface area contributed by atoms with Gasteiger partial charge in [0.1, 0.15) is 5.82 Å². The number of rotatable bonds is 6. The highest BCUT2D eigenvalue weighted by Crippen LogP contribution is 2.06. The second-order valence-corrected chi connectivity index (χ2v) is 5.87. The molecule has 0 aromatic carbocycles. The Kier molecular flexibility index (Phi) is 4.45. The van der Waals surface area contributed by atoms with Crippen molar-refractivity contribution in [2.24, 2.45) is 0 Å². The van der Waals surface area contributed by atoms with Crippen molar-refractivity contribution in [2.45, 2.75) is 6.92 Å². The number of hydrogen-bond donors (Lipinski definition) is 2. The number of anilines is 1. The molecule has 0 aliphatic rings. The number of aromatic carboxylic acids is 1. The van der Waals surface area contributed by atoms with Crippen molar-refractivity contribution >= 4 is 21.6 Å². The maximum absolute atomic E-state index is 11.2. The van der Waals surface area contributed by atoms with Crippen molar-refractivity contribution in [2.75, 3.05) is 23.4 Å². The van der Waals surface area contributed by atoms with Crippen LogP contribution in [-0.2, 0) is 9.84 Å². The summed E-state index contributed by atoms with van der Waals surface area (Å²) in [6.45, 7) is 1.80. The fraction of sp³-hybridized carbons (Fsp3) is 0.400. The van der Waals surface area contributed by atoms with Gasteiger partial charge in [0.2, 0.25) is 0 Å². The molecule has 17 heavy (non-hydrogen) atoms. The summed E-state index contributed by atoms with van der Waals surface area (Å²) in [6, 6.07) is 2.73. The second kappa shape index (κ2) is 5.62. The monoisotopic (exact) mass is 258 g/mol. The van der Waals surface area contributed by atoms with Gasteiger partial charge in [0, 0.05) is 18.5 Å². The maximum Gasteiger partial charge on any atom is 0.335 e. The molecular weight excluding hydrogens is 244 g/mol. The van der Waals surface area contributed by atoms with Crippen LogP contribution in [0.1, 0.15) is 17.3 Å². The maximum atomic E-state index is 11.2. The molecule has 94 valence electrons. The third kappa shape index (κ3) is 4.39. The number of aromatic nitrogens is 1. The highest BCUT2D eigenvalue weighted by atomic mass is 32.2. The summed E-state index contributed by atoms with van der Waals surface area (Å²) >= 11 is 0. The molecule has 2 N–H and O–H groups in total. The van der Waals surface area contributed by atoms with Gasteiger partial charge >= 0.3 is 5.97 Å². The minimum absolute atomic E-state index is 0.00246. The van der Waals surface area contributed by atoms with Crippen LogP contribution in [0.4, 0.5) is 5.82 Å². The van der Waals surface area contributed by atoms with E-state index in [2.05, 4.69) is 10.3 Å². The number of pyridine rings is 1. The lowest BCUT2D eigenvalue weighted by Gasteiger charge is -2.05. The van der Waals surface area contributed by atoms with Crippen molar-refractivity contribution in [1.82, 2.24) is 4.98 Å². The first-order valence-electron chi connectivity index (χ1n) is 5.08. The molecule has 0 aliphatic carbocycles. The second-order valence-electron chi connectivity index (χ2n) is 3.40. The first-order valence-corrected chi connectivity index (χ1v) is 6.90. The fourth-order valence-corrected chi connectivity index (χ4v) is 1.84. The quantitative estimate of drug-likeness (QED) is 0.776. The topological polar surface area (TPSA) is 96.4 Å². The average molecular weight is 258 g/mol. The molecule has 0 unspecified atom stereocenters. The number of nitrogens with one attached hydrogen (secondary N) is 1. The molecule has 0 bridgehead atoms. The Morgan fingerprint density at radius 1 is 1.53 bits per heavy atom. The first-order chi connectivity index (χ1) is 7.94. The van der Waals surface area contributed by atoms with Crippen molar-refractivity contribution in [3.63, 3.8) is 0 Å². The van der Waals surface area contributed by atoms with E-state index in [0.29, 0.717) is 5.82 Å². The number of carbonyl (C=O) groups is 1. The summed E-state index contributed by atoms with van der Waals surface area (Å²) in [7, 11) is -3.02. The Morgan fingerprint density at radius 2 is 2.24 bits per heavy atom. The summed E-state index contributed by atoms with van der Waals surface area (Å²) in [5.41, 5.74) is 0.112. The molecule has 0 aliphatic heterocycles. The molecule has 1 aromatic rings. The Labute approximate surface area is 99.6 Å². The predicted molar refractivity (Wildman–Crippen MR) is 64.0 cm³/mol. The van der Waals surface area contributed by atoms with Crippen molar-refractivity contribution in [1.29, 1.82) is 0 Å². The zero-order valence-electron chi connectivity index (χ0n) is 9.38. The number of hydrogen-bond acceptors (Lipinski definition) is 5. The van der Waals surface area contributed by atoms with Gasteiger partial charge in [-0.15, -0.1) is 0 Å². The van der Waals surface area contributed by atoms with E-state index in [9.17, 15) is 13.2 Å². The van der Waals surface area contributed by atoms with Gasteiger partial charge in [0.25, 0.3) is 0 Å². The summed E-state index contributed by atoms with van der Waals surface area (Å²) in [5, 5.41) is 11.5. The van der Waals surface area contributed by atoms with Crippen molar-refractivity contribution in [3.8, 4) is 0 Å². The Hall–Kier alpha value is -1.63. The summed E-state index contributed by atoms with van der Waals surface area (Å²) in [5.74, 6) is -0.590. The van der Waals surface area contributed by atoms with Crippen LogP contribution < -0.4 is 5.32 Å². The van der Waals surface area contributed by atoms with E-state index < -0.39 is 15.8 Å². The lowest BCUT2D eigenvalue weighted by molar-refractivity contribution is 0.0697. The summed E-state index contributed by atoms with van der Waals surface area (Å²) in [4.78, 5) is 14.6. The largest absolute Gasteiger partial charge is 0.478 e. The third-order valence-electron chi connectivity index (χ3n) is 2.17. The lowest BCUT2D eigenvalue weighted by atomic mass is 10.2. The van der Waals surface area contributed by atoms with Crippen LogP contribution in [0.3, 0.4) is 0 Å². The first kappa shape index (κ1) is 13.4. The van der Waals surface area contributed by atoms with E-state index in [1.807, 2.05) is 0 Å². The van der Waals surface area contributed by atoms with Gasteiger partial charge in [-0.2, -0.15) is 0 Å². The van der Waals surface area contributed by atoms with E-state index in [1.165, 1.54) is 18.3 Å². The fourth-order valence-electron chi connectivity index (χ4n) is 1.14. The third-order valence-corrected chi connectivity index (χ3v) is 3.87. The van der Waals surface area contributed by atoms with Crippen LogP contribution in [-0.4, -0.2) is 42.5 Å². The molecule has 0 radical (unpaired) electrons. The molecule has 0 amide bonds. The Balaban J connectivity index is 2.58.